The topological polar surface area (TPSA) is 68.7 Å². The number of para-hydroxylation sites is 1. The van der Waals surface area contributed by atoms with Gasteiger partial charge in [0, 0.05) is 24.5 Å². The lowest BCUT2D eigenvalue weighted by Crippen LogP contribution is -2.28. The molecule has 0 spiro atoms. The van der Waals surface area contributed by atoms with Crippen LogP contribution in [-0.4, -0.2) is 40.7 Å². The molecule has 6 nitrogen and oxygen atoms in total. The fourth-order valence-electron chi connectivity index (χ4n) is 2.72. The van der Waals surface area contributed by atoms with Crippen molar-refractivity contribution in [1.29, 1.82) is 0 Å². The van der Waals surface area contributed by atoms with E-state index in [9.17, 15) is 9.59 Å². The fourth-order valence-corrected chi connectivity index (χ4v) is 3.94. The standard InChI is InChI=1S/C19H20N2O4S/c1-2-24-18(23)12-25-16-6-4-3-5-15(16)19-21(17(22)13-26-19)11-14-7-9-20-10-8-14/h3-10,19H,2,11-13H2,1H3. The normalized spacial score (nSPS) is 16.6. The first-order valence-electron chi connectivity index (χ1n) is 8.36. The number of hydrogen-bond donors (Lipinski definition) is 0. The summed E-state index contributed by atoms with van der Waals surface area (Å²) in [4.78, 5) is 29.8. The van der Waals surface area contributed by atoms with Crippen molar-refractivity contribution in [2.24, 2.45) is 0 Å². The van der Waals surface area contributed by atoms with Crippen molar-refractivity contribution < 1.29 is 19.1 Å². The van der Waals surface area contributed by atoms with Crippen LogP contribution < -0.4 is 4.74 Å². The maximum Gasteiger partial charge on any atom is 0.344 e. The van der Waals surface area contributed by atoms with Crippen LogP contribution in [0.3, 0.4) is 0 Å². The number of carbonyl (C=O) groups excluding carboxylic acids is 2. The van der Waals surface area contributed by atoms with E-state index in [-0.39, 0.29) is 17.9 Å². The molecular weight excluding hydrogens is 352 g/mol. The molecule has 1 amide bonds. The smallest absolute Gasteiger partial charge is 0.344 e. The molecule has 0 aliphatic carbocycles. The highest BCUT2D eigenvalue weighted by atomic mass is 32.2. The van der Waals surface area contributed by atoms with Crippen LogP contribution in [-0.2, 0) is 20.9 Å². The summed E-state index contributed by atoms with van der Waals surface area (Å²) in [5, 5.41) is -0.158. The number of ether oxygens (including phenoxy) is 2. The van der Waals surface area contributed by atoms with Crippen molar-refractivity contribution in [3.8, 4) is 5.75 Å². The Balaban J connectivity index is 1.78. The average molecular weight is 372 g/mol. The van der Waals surface area contributed by atoms with Crippen LogP contribution in [0, 0.1) is 0 Å². The fraction of sp³-hybridized carbons (Fsp3) is 0.316. The minimum Gasteiger partial charge on any atom is -0.482 e. The predicted molar refractivity (Wildman–Crippen MR) is 98.6 cm³/mol. The van der Waals surface area contributed by atoms with Crippen molar-refractivity contribution in [3.63, 3.8) is 0 Å². The molecule has 3 rings (SSSR count). The van der Waals surface area contributed by atoms with Gasteiger partial charge in [-0.1, -0.05) is 18.2 Å². The van der Waals surface area contributed by atoms with Gasteiger partial charge in [0.15, 0.2) is 6.61 Å². The lowest BCUT2D eigenvalue weighted by atomic mass is 10.1. The maximum absolute atomic E-state index is 12.4. The third-order valence-electron chi connectivity index (χ3n) is 3.91. The summed E-state index contributed by atoms with van der Waals surface area (Å²) >= 11 is 1.55. The Morgan fingerprint density at radius 3 is 2.81 bits per heavy atom. The Labute approximate surface area is 156 Å². The molecular formula is C19H20N2O4S. The molecule has 0 radical (unpaired) electrons. The molecule has 1 unspecified atom stereocenters. The number of amides is 1. The largest absolute Gasteiger partial charge is 0.482 e. The van der Waals surface area contributed by atoms with E-state index in [1.807, 2.05) is 41.3 Å². The van der Waals surface area contributed by atoms with Crippen LogP contribution in [0.15, 0.2) is 48.8 Å². The molecule has 0 saturated carbocycles. The highest BCUT2D eigenvalue weighted by Gasteiger charge is 2.34. The number of hydrogen-bond acceptors (Lipinski definition) is 6. The molecule has 136 valence electrons. The predicted octanol–water partition coefficient (Wildman–Crippen LogP) is 2.80. The van der Waals surface area contributed by atoms with E-state index in [1.54, 1.807) is 31.1 Å². The van der Waals surface area contributed by atoms with Gasteiger partial charge < -0.3 is 14.4 Å². The maximum atomic E-state index is 12.4. The van der Waals surface area contributed by atoms with Gasteiger partial charge in [0.05, 0.1) is 12.4 Å². The summed E-state index contributed by atoms with van der Waals surface area (Å²) in [6.45, 7) is 2.42. The van der Waals surface area contributed by atoms with Crippen molar-refractivity contribution in [3.05, 3.63) is 59.9 Å². The van der Waals surface area contributed by atoms with E-state index in [0.717, 1.165) is 11.1 Å². The van der Waals surface area contributed by atoms with Crippen molar-refractivity contribution in [1.82, 2.24) is 9.88 Å². The third kappa shape index (κ3) is 4.35. The second-order valence-electron chi connectivity index (χ2n) is 5.67. The zero-order chi connectivity index (χ0) is 18.4. The zero-order valence-electron chi connectivity index (χ0n) is 14.5. The highest BCUT2D eigenvalue weighted by Crippen LogP contribution is 2.43. The highest BCUT2D eigenvalue weighted by molar-refractivity contribution is 8.00. The average Bonchev–Trinajstić information content (AvgIpc) is 3.02. The molecule has 1 aromatic heterocycles. The Hall–Kier alpha value is -2.54. The van der Waals surface area contributed by atoms with E-state index < -0.39 is 5.97 Å². The quantitative estimate of drug-likeness (QED) is 0.696. The third-order valence-corrected chi connectivity index (χ3v) is 5.14. The van der Waals surface area contributed by atoms with Crippen LogP contribution in [0.25, 0.3) is 0 Å². The summed E-state index contributed by atoms with van der Waals surface area (Å²) in [7, 11) is 0. The summed E-state index contributed by atoms with van der Waals surface area (Å²) in [6.07, 6.45) is 3.43. The Bertz CT molecular complexity index is 769. The molecule has 1 aliphatic heterocycles. The van der Waals surface area contributed by atoms with Gasteiger partial charge in [-0.15, -0.1) is 11.8 Å². The number of nitrogens with zero attached hydrogens (tertiary/aromatic N) is 2. The first kappa shape index (κ1) is 18.3. The molecule has 26 heavy (non-hydrogen) atoms. The molecule has 2 aromatic rings. The van der Waals surface area contributed by atoms with Gasteiger partial charge in [-0.25, -0.2) is 4.79 Å². The second kappa shape index (κ2) is 8.71. The van der Waals surface area contributed by atoms with Crippen LogP contribution in [0.1, 0.15) is 23.4 Å². The van der Waals surface area contributed by atoms with Crippen molar-refractivity contribution in [2.45, 2.75) is 18.8 Å². The lowest BCUT2D eigenvalue weighted by molar-refractivity contribution is -0.145. The number of benzene rings is 1. The monoisotopic (exact) mass is 372 g/mol. The van der Waals surface area contributed by atoms with Crippen LogP contribution >= 0.6 is 11.8 Å². The number of rotatable bonds is 7. The summed E-state index contributed by atoms with van der Waals surface area (Å²) in [5.41, 5.74) is 1.90. The van der Waals surface area contributed by atoms with E-state index in [4.69, 9.17) is 9.47 Å². The summed E-state index contributed by atoms with van der Waals surface area (Å²) < 4.78 is 10.6. The Morgan fingerprint density at radius 1 is 1.27 bits per heavy atom. The molecule has 1 fully saturated rings. The summed E-state index contributed by atoms with van der Waals surface area (Å²) in [6, 6.07) is 11.3. The molecule has 1 aromatic carbocycles. The lowest BCUT2D eigenvalue weighted by Gasteiger charge is -2.25. The minimum absolute atomic E-state index is 0.0806. The van der Waals surface area contributed by atoms with Crippen LogP contribution in [0.4, 0.5) is 0 Å². The van der Waals surface area contributed by atoms with Gasteiger partial charge >= 0.3 is 5.97 Å². The number of aromatic nitrogens is 1. The van der Waals surface area contributed by atoms with Crippen molar-refractivity contribution >= 4 is 23.6 Å². The molecule has 1 aliphatic rings. The van der Waals surface area contributed by atoms with Gasteiger partial charge in [-0.3, -0.25) is 9.78 Å². The number of pyridine rings is 1. The molecule has 2 heterocycles. The van der Waals surface area contributed by atoms with Gasteiger partial charge in [0.1, 0.15) is 11.1 Å². The van der Waals surface area contributed by atoms with Gasteiger partial charge in [-0.2, -0.15) is 0 Å². The van der Waals surface area contributed by atoms with Crippen molar-refractivity contribution in [2.75, 3.05) is 19.0 Å². The van der Waals surface area contributed by atoms with E-state index in [2.05, 4.69) is 4.98 Å². The molecule has 0 bridgehead atoms. The molecule has 1 saturated heterocycles. The van der Waals surface area contributed by atoms with E-state index in [0.29, 0.717) is 24.7 Å². The van der Waals surface area contributed by atoms with E-state index in [1.165, 1.54) is 0 Å². The zero-order valence-corrected chi connectivity index (χ0v) is 15.3. The first-order chi connectivity index (χ1) is 12.7. The van der Waals surface area contributed by atoms with Crippen LogP contribution in [0.2, 0.25) is 0 Å². The van der Waals surface area contributed by atoms with E-state index >= 15 is 0 Å². The number of esters is 1. The number of thioether (sulfide) groups is 1. The molecule has 7 heteroatoms. The molecule has 0 N–H and O–H groups in total. The Kier molecular flexibility index (Phi) is 6.12. The van der Waals surface area contributed by atoms with Gasteiger partial charge in [0.25, 0.3) is 0 Å². The SMILES string of the molecule is CCOC(=O)COc1ccccc1C1SCC(=O)N1Cc1ccncc1. The van der Waals surface area contributed by atoms with Crippen LogP contribution in [0.5, 0.6) is 5.75 Å². The second-order valence-corrected chi connectivity index (χ2v) is 6.74. The summed E-state index contributed by atoms with van der Waals surface area (Å²) in [5.74, 6) is 0.678. The molecule has 1 atom stereocenters. The van der Waals surface area contributed by atoms with Gasteiger partial charge in [0.2, 0.25) is 5.91 Å². The Morgan fingerprint density at radius 2 is 2.04 bits per heavy atom. The van der Waals surface area contributed by atoms with Gasteiger partial charge in [-0.05, 0) is 30.7 Å². The first-order valence-corrected chi connectivity index (χ1v) is 9.41. The number of carbonyl (C=O) groups is 2. The minimum atomic E-state index is -0.411.